The molecular formula is C12H17BrN2OS. The average Bonchev–Trinajstić information content (AvgIpc) is 2.95. The van der Waals surface area contributed by atoms with Crippen molar-refractivity contribution in [2.24, 2.45) is 5.41 Å². The number of nitrogens with one attached hydrogen (secondary N) is 1. The first-order valence-electron chi connectivity index (χ1n) is 5.91. The molecule has 1 saturated carbocycles. The largest absolute Gasteiger partial charge is 0.350 e. The van der Waals surface area contributed by atoms with Crippen LogP contribution in [-0.4, -0.2) is 22.8 Å². The van der Waals surface area contributed by atoms with E-state index in [1.54, 1.807) is 0 Å². The van der Waals surface area contributed by atoms with Gasteiger partial charge in [-0.05, 0) is 25.2 Å². The van der Waals surface area contributed by atoms with E-state index in [2.05, 4.69) is 26.2 Å². The number of amides is 1. The molecule has 2 rings (SSSR count). The summed E-state index contributed by atoms with van der Waals surface area (Å²) in [5, 5.41) is 6.75. The van der Waals surface area contributed by atoms with Crippen molar-refractivity contribution in [3.05, 3.63) is 16.1 Å². The van der Waals surface area contributed by atoms with E-state index in [-0.39, 0.29) is 11.3 Å². The molecule has 5 heteroatoms. The van der Waals surface area contributed by atoms with Gasteiger partial charge in [-0.2, -0.15) is 0 Å². The molecule has 1 aliphatic rings. The van der Waals surface area contributed by atoms with Gasteiger partial charge in [0.2, 0.25) is 0 Å². The lowest BCUT2D eigenvalue weighted by Gasteiger charge is -2.26. The number of aryl methyl sites for hydroxylation is 1. The second kappa shape index (κ2) is 5.48. The number of hydrogen-bond acceptors (Lipinski definition) is 3. The van der Waals surface area contributed by atoms with E-state index < -0.39 is 0 Å². The average molecular weight is 317 g/mol. The Morgan fingerprint density at radius 1 is 1.59 bits per heavy atom. The molecule has 0 aromatic carbocycles. The maximum absolute atomic E-state index is 11.9. The number of rotatable bonds is 4. The smallest absolute Gasteiger partial charge is 0.270 e. The van der Waals surface area contributed by atoms with Gasteiger partial charge in [0, 0.05) is 17.3 Å². The van der Waals surface area contributed by atoms with Crippen molar-refractivity contribution in [1.82, 2.24) is 10.3 Å². The van der Waals surface area contributed by atoms with Crippen molar-refractivity contribution in [3.8, 4) is 0 Å². The Morgan fingerprint density at radius 2 is 2.29 bits per heavy atom. The van der Waals surface area contributed by atoms with Crippen LogP contribution in [0.2, 0.25) is 0 Å². The number of carbonyl (C=O) groups excluding carboxylic acids is 1. The van der Waals surface area contributed by atoms with Crippen LogP contribution in [0.15, 0.2) is 5.38 Å². The van der Waals surface area contributed by atoms with Gasteiger partial charge in [0.25, 0.3) is 5.91 Å². The van der Waals surface area contributed by atoms with E-state index in [0.717, 1.165) is 16.9 Å². The van der Waals surface area contributed by atoms with Crippen LogP contribution in [0.1, 0.15) is 41.2 Å². The maximum atomic E-state index is 11.9. The van der Waals surface area contributed by atoms with Crippen molar-refractivity contribution >= 4 is 33.2 Å². The normalized spacial score (nSPS) is 18.2. The van der Waals surface area contributed by atoms with E-state index in [0.29, 0.717) is 5.69 Å². The van der Waals surface area contributed by atoms with Gasteiger partial charge in [-0.25, -0.2) is 4.98 Å². The molecule has 17 heavy (non-hydrogen) atoms. The van der Waals surface area contributed by atoms with E-state index in [1.807, 2.05) is 12.3 Å². The predicted molar refractivity (Wildman–Crippen MR) is 73.9 cm³/mol. The second-order valence-corrected chi connectivity index (χ2v) is 6.40. The lowest BCUT2D eigenvalue weighted by molar-refractivity contribution is 0.0931. The van der Waals surface area contributed by atoms with Crippen molar-refractivity contribution in [2.75, 3.05) is 11.9 Å². The Bertz CT molecular complexity index is 399. The fraction of sp³-hybridized carbons (Fsp3) is 0.667. The summed E-state index contributed by atoms with van der Waals surface area (Å²) in [4.78, 5) is 16.1. The van der Waals surface area contributed by atoms with Gasteiger partial charge < -0.3 is 5.32 Å². The summed E-state index contributed by atoms with van der Waals surface area (Å²) in [5.74, 6) is -0.0402. The molecular weight excluding hydrogens is 300 g/mol. The summed E-state index contributed by atoms with van der Waals surface area (Å²) in [6.07, 6.45) is 4.96. The second-order valence-electron chi connectivity index (χ2n) is 4.78. The molecule has 0 saturated heterocycles. The Labute approximate surface area is 114 Å². The molecule has 0 unspecified atom stereocenters. The highest BCUT2D eigenvalue weighted by molar-refractivity contribution is 9.09. The molecule has 1 aromatic heterocycles. The monoisotopic (exact) mass is 316 g/mol. The molecule has 1 fully saturated rings. The van der Waals surface area contributed by atoms with Crippen molar-refractivity contribution in [1.29, 1.82) is 0 Å². The van der Waals surface area contributed by atoms with Crippen LogP contribution in [-0.2, 0) is 0 Å². The Hall–Kier alpha value is -0.420. The molecule has 0 atom stereocenters. The van der Waals surface area contributed by atoms with Crippen molar-refractivity contribution < 1.29 is 4.79 Å². The van der Waals surface area contributed by atoms with Gasteiger partial charge in [0.1, 0.15) is 5.69 Å². The molecule has 94 valence electrons. The third kappa shape index (κ3) is 3.07. The quantitative estimate of drug-likeness (QED) is 0.867. The number of hydrogen-bond donors (Lipinski definition) is 1. The summed E-state index contributed by atoms with van der Waals surface area (Å²) < 4.78 is 0. The molecule has 1 heterocycles. The third-order valence-corrected chi connectivity index (χ3v) is 5.39. The number of carbonyl (C=O) groups is 1. The molecule has 0 bridgehead atoms. The molecule has 1 N–H and O–H groups in total. The van der Waals surface area contributed by atoms with Gasteiger partial charge in [0.05, 0.1) is 5.01 Å². The molecule has 1 amide bonds. The van der Waals surface area contributed by atoms with E-state index in [1.165, 1.54) is 37.0 Å². The van der Waals surface area contributed by atoms with E-state index >= 15 is 0 Å². The van der Waals surface area contributed by atoms with Crippen LogP contribution >= 0.6 is 27.3 Å². The molecule has 0 aliphatic heterocycles. The van der Waals surface area contributed by atoms with Crippen LogP contribution < -0.4 is 5.32 Å². The lowest BCUT2D eigenvalue weighted by Crippen LogP contribution is -2.37. The van der Waals surface area contributed by atoms with Gasteiger partial charge >= 0.3 is 0 Å². The highest BCUT2D eigenvalue weighted by Gasteiger charge is 2.33. The number of halogens is 1. The summed E-state index contributed by atoms with van der Waals surface area (Å²) in [5.41, 5.74) is 0.816. The first-order chi connectivity index (χ1) is 8.15. The zero-order chi connectivity index (χ0) is 12.3. The third-order valence-electron chi connectivity index (χ3n) is 3.42. The lowest BCUT2D eigenvalue weighted by atomic mass is 9.89. The zero-order valence-corrected chi connectivity index (χ0v) is 12.4. The first-order valence-corrected chi connectivity index (χ1v) is 7.92. The van der Waals surface area contributed by atoms with Gasteiger partial charge in [-0.15, -0.1) is 11.3 Å². The molecule has 1 aromatic rings. The molecule has 0 radical (unpaired) electrons. The minimum atomic E-state index is -0.0402. The Kier molecular flexibility index (Phi) is 4.20. The number of nitrogens with zero attached hydrogens (tertiary/aromatic N) is 1. The summed E-state index contributed by atoms with van der Waals surface area (Å²) in [7, 11) is 0. The van der Waals surface area contributed by atoms with Gasteiger partial charge in [-0.1, -0.05) is 28.8 Å². The number of thiazole rings is 1. The van der Waals surface area contributed by atoms with Crippen molar-refractivity contribution in [2.45, 2.75) is 32.6 Å². The molecule has 1 aliphatic carbocycles. The first kappa shape index (κ1) is 13.0. The standard InChI is InChI=1S/C12H17BrN2OS/c1-9-15-10(6-17-9)11(16)14-8-12(7-13)4-2-3-5-12/h6H,2-5,7-8H2,1H3,(H,14,16). The molecule has 0 spiro atoms. The van der Waals surface area contributed by atoms with Crippen LogP contribution in [0.25, 0.3) is 0 Å². The fourth-order valence-corrected chi connectivity index (χ4v) is 3.66. The Balaban J connectivity index is 1.91. The number of alkyl halides is 1. The van der Waals surface area contributed by atoms with Crippen LogP contribution in [0, 0.1) is 12.3 Å². The SMILES string of the molecule is Cc1nc(C(=O)NCC2(CBr)CCCC2)cs1. The summed E-state index contributed by atoms with van der Waals surface area (Å²) in [6, 6.07) is 0. The number of aromatic nitrogens is 1. The predicted octanol–water partition coefficient (Wildman–Crippen LogP) is 3.14. The minimum Gasteiger partial charge on any atom is -0.350 e. The minimum absolute atomic E-state index is 0.0402. The maximum Gasteiger partial charge on any atom is 0.270 e. The summed E-state index contributed by atoms with van der Waals surface area (Å²) >= 11 is 5.09. The highest BCUT2D eigenvalue weighted by atomic mass is 79.9. The molecule has 3 nitrogen and oxygen atoms in total. The fourth-order valence-electron chi connectivity index (χ4n) is 2.31. The van der Waals surface area contributed by atoms with E-state index in [9.17, 15) is 4.79 Å². The topological polar surface area (TPSA) is 42.0 Å². The van der Waals surface area contributed by atoms with Crippen LogP contribution in [0.4, 0.5) is 0 Å². The van der Waals surface area contributed by atoms with Crippen LogP contribution in [0.5, 0.6) is 0 Å². The van der Waals surface area contributed by atoms with Gasteiger partial charge in [-0.3, -0.25) is 4.79 Å². The summed E-state index contributed by atoms with van der Waals surface area (Å²) in [6.45, 7) is 2.67. The zero-order valence-electron chi connectivity index (χ0n) is 9.96. The Morgan fingerprint density at radius 3 is 2.82 bits per heavy atom. The van der Waals surface area contributed by atoms with Crippen LogP contribution in [0.3, 0.4) is 0 Å². The van der Waals surface area contributed by atoms with Gasteiger partial charge in [0.15, 0.2) is 0 Å². The van der Waals surface area contributed by atoms with Crippen molar-refractivity contribution in [3.63, 3.8) is 0 Å². The van der Waals surface area contributed by atoms with E-state index in [4.69, 9.17) is 0 Å². The highest BCUT2D eigenvalue weighted by Crippen LogP contribution is 2.38.